The third-order valence-electron chi connectivity index (χ3n) is 11.3. The SMILES string of the molecule is c1ccc(-c2nc(-c3ccccc3)nc(-c3ccc(-c4cccc(-c5ccc6cc(-c7ccccc7)n7nc(-c8ccccc8)c(-c8ccccc8)c7c6c5)c4)cc3)n2)cc1. The van der Waals surface area contributed by atoms with Gasteiger partial charge in [0.05, 0.1) is 11.2 Å². The van der Waals surface area contributed by atoms with Gasteiger partial charge < -0.3 is 0 Å². The third kappa shape index (κ3) is 6.84. The number of benzene rings is 8. The van der Waals surface area contributed by atoms with E-state index in [-0.39, 0.29) is 0 Å². The van der Waals surface area contributed by atoms with Gasteiger partial charge in [-0.05, 0) is 51.4 Å². The summed E-state index contributed by atoms with van der Waals surface area (Å²) in [7, 11) is 0. The van der Waals surface area contributed by atoms with Crippen LogP contribution in [0.4, 0.5) is 0 Å². The minimum Gasteiger partial charge on any atom is -0.231 e. The van der Waals surface area contributed by atoms with Crippen LogP contribution >= 0.6 is 0 Å². The van der Waals surface area contributed by atoms with Crippen LogP contribution in [-0.2, 0) is 0 Å². The molecule has 0 amide bonds. The van der Waals surface area contributed by atoms with Crippen molar-refractivity contribution < 1.29 is 0 Å². The van der Waals surface area contributed by atoms with E-state index in [9.17, 15) is 0 Å². The fourth-order valence-corrected chi connectivity index (χ4v) is 8.23. The van der Waals surface area contributed by atoms with Crippen LogP contribution in [-0.4, -0.2) is 24.6 Å². The standard InChI is InChI=1S/C56H37N5/c1-6-17-39(18-7-1)50-37-48-34-33-47(36-49(48)53-51(40-19-8-2-9-20-40)52(60-61(50)53)41-21-10-3-11-22-41)46-28-16-27-45(35-46)38-29-31-44(32-30-38)56-58-54(42-23-12-4-13-24-42)57-55(59-56)43-25-14-5-15-26-43/h1-37H. The molecule has 0 aliphatic heterocycles. The maximum atomic E-state index is 5.42. The van der Waals surface area contributed by atoms with Crippen molar-refractivity contribution >= 4 is 16.3 Å². The first-order chi connectivity index (χ1) is 30.2. The van der Waals surface area contributed by atoms with Gasteiger partial charge in [-0.2, -0.15) is 5.10 Å². The second-order valence-electron chi connectivity index (χ2n) is 15.1. The summed E-state index contributed by atoms with van der Waals surface area (Å²) in [5, 5.41) is 7.71. The van der Waals surface area contributed by atoms with E-state index in [2.05, 4.69) is 168 Å². The van der Waals surface area contributed by atoms with Gasteiger partial charge in [0, 0.05) is 38.8 Å². The highest BCUT2D eigenvalue weighted by molar-refractivity contribution is 6.09. The van der Waals surface area contributed by atoms with Crippen molar-refractivity contribution in [2.45, 2.75) is 0 Å². The molecule has 0 radical (unpaired) electrons. The van der Waals surface area contributed by atoms with E-state index in [1.807, 2.05) is 60.7 Å². The molecule has 0 spiro atoms. The third-order valence-corrected chi connectivity index (χ3v) is 11.3. The summed E-state index contributed by atoms with van der Waals surface area (Å²) in [6.45, 7) is 0. The van der Waals surface area contributed by atoms with E-state index in [4.69, 9.17) is 20.1 Å². The summed E-state index contributed by atoms with van der Waals surface area (Å²) < 4.78 is 2.15. The Balaban J connectivity index is 1.02. The van der Waals surface area contributed by atoms with E-state index in [0.717, 1.165) is 88.9 Å². The number of aromatic nitrogens is 5. The molecule has 5 nitrogen and oxygen atoms in total. The molecule has 0 fully saturated rings. The van der Waals surface area contributed by atoms with Crippen molar-refractivity contribution in [1.82, 2.24) is 24.6 Å². The Morgan fingerprint density at radius 1 is 0.295 bits per heavy atom. The van der Waals surface area contributed by atoms with E-state index in [1.165, 1.54) is 0 Å². The molecule has 0 unspecified atom stereocenters. The van der Waals surface area contributed by atoms with E-state index in [0.29, 0.717) is 17.5 Å². The lowest BCUT2D eigenvalue weighted by molar-refractivity contribution is 0.979. The number of nitrogens with zero attached hydrogens (tertiary/aromatic N) is 5. The zero-order valence-electron chi connectivity index (χ0n) is 33.1. The molecule has 3 heterocycles. The smallest absolute Gasteiger partial charge is 0.164 e. The van der Waals surface area contributed by atoms with Gasteiger partial charge in [-0.3, -0.25) is 0 Å². The van der Waals surface area contributed by atoms with Crippen LogP contribution in [0, 0.1) is 0 Å². The summed E-state index contributed by atoms with van der Waals surface area (Å²) in [6.07, 6.45) is 0. The number of fused-ring (bicyclic) bond motifs is 3. The normalized spacial score (nSPS) is 11.3. The molecular weight excluding hydrogens is 743 g/mol. The Labute approximate surface area is 354 Å². The molecule has 3 aromatic heterocycles. The second kappa shape index (κ2) is 15.5. The first kappa shape index (κ1) is 35.8. The maximum Gasteiger partial charge on any atom is 0.164 e. The fraction of sp³-hybridized carbons (Fsp3) is 0. The lowest BCUT2D eigenvalue weighted by atomic mass is 9.94. The van der Waals surface area contributed by atoms with Crippen molar-refractivity contribution in [1.29, 1.82) is 0 Å². The summed E-state index contributed by atoms with van der Waals surface area (Å²) >= 11 is 0. The minimum atomic E-state index is 0.635. The van der Waals surface area contributed by atoms with Crippen molar-refractivity contribution in [3.63, 3.8) is 0 Å². The van der Waals surface area contributed by atoms with Crippen LogP contribution in [0.3, 0.4) is 0 Å². The monoisotopic (exact) mass is 779 g/mol. The van der Waals surface area contributed by atoms with Crippen LogP contribution in [0.1, 0.15) is 0 Å². The van der Waals surface area contributed by atoms with Crippen molar-refractivity contribution in [3.05, 3.63) is 224 Å². The molecule has 0 bridgehead atoms. The van der Waals surface area contributed by atoms with Crippen LogP contribution in [0.5, 0.6) is 0 Å². The predicted molar refractivity (Wildman–Crippen MR) is 250 cm³/mol. The Hall–Kier alpha value is -8.28. The number of pyridine rings is 1. The van der Waals surface area contributed by atoms with Crippen molar-refractivity contribution in [2.24, 2.45) is 0 Å². The molecule has 0 aliphatic rings. The van der Waals surface area contributed by atoms with Gasteiger partial charge in [-0.25, -0.2) is 19.5 Å². The van der Waals surface area contributed by atoms with E-state index in [1.54, 1.807) is 0 Å². The van der Waals surface area contributed by atoms with Crippen molar-refractivity contribution in [3.8, 4) is 90.1 Å². The van der Waals surface area contributed by atoms with E-state index < -0.39 is 0 Å². The topological polar surface area (TPSA) is 56.0 Å². The molecule has 11 rings (SSSR count). The first-order valence-electron chi connectivity index (χ1n) is 20.5. The maximum absolute atomic E-state index is 5.42. The lowest BCUT2D eigenvalue weighted by Gasteiger charge is -2.13. The highest BCUT2D eigenvalue weighted by Crippen LogP contribution is 2.42. The van der Waals surface area contributed by atoms with Crippen LogP contribution < -0.4 is 0 Å². The van der Waals surface area contributed by atoms with Gasteiger partial charge in [-0.15, -0.1) is 0 Å². The molecule has 0 saturated carbocycles. The average Bonchev–Trinajstić information content (AvgIpc) is 3.76. The number of rotatable bonds is 8. The average molecular weight is 780 g/mol. The predicted octanol–water partition coefficient (Wildman–Crippen LogP) is 14.0. The molecule has 0 aliphatic carbocycles. The molecule has 0 saturated heterocycles. The molecular formula is C56H37N5. The fourth-order valence-electron chi connectivity index (χ4n) is 8.23. The quantitative estimate of drug-likeness (QED) is 0.154. The number of hydrogen-bond acceptors (Lipinski definition) is 4. The summed E-state index contributed by atoms with van der Waals surface area (Å²) in [5.41, 5.74) is 14.8. The minimum absolute atomic E-state index is 0.635. The Kier molecular flexibility index (Phi) is 9.10. The Morgan fingerprint density at radius 3 is 1.26 bits per heavy atom. The molecule has 61 heavy (non-hydrogen) atoms. The molecule has 8 aromatic carbocycles. The van der Waals surface area contributed by atoms with Gasteiger partial charge in [0.2, 0.25) is 0 Å². The molecule has 0 N–H and O–H groups in total. The highest BCUT2D eigenvalue weighted by Gasteiger charge is 2.22. The highest BCUT2D eigenvalue weighted by atomic mass is 15.2. The number of hydrogen-bond donors (Lipinski definition) is 0. The molecule has 286 valence electrons. The second-order valence-corrected chi connectivity index (χ2v) is 15.1. The summed E-state index contributed by atoms with van der Waals surface area (Å²) in [4.78, 5) is 14.7. The van der Waals surface area contributed by atoms with Gasteiger partial charge in [0.25, 0.3) is 0 Å². The van der Waals surface area contributed by atoms with Crippen LogP contribution in [0.15, 0.2) is 224 Å². The van der Waals surface area contributed by atoms with Gasteiger partial charge in [-0.1, -0.05) is 206 Å². The largest absolute Gasteiger partial charge is 0.231 e. The summed E-state index contributed by atoms with van der Waals surface area (Å²) in [6, 6.07) is 78.3. The van der Waals surface area contributed by atoms with E-state index >= 15 is 0 Å². The molecule has 5 heteroatoms. The van der Waals surface area contributed by atoms with Gasteiger partial charge >= 0.3 is 0 Å². The van der Waals surface area contributed by atoms with Crippen LogP contribution in [0.2, 0.25) is 0 Å². The van der Waals surface area contributed by atoms with Crippen molar-refractivity contribution in [2.75, 3.05) is 0 Å². The zero-order chi connectivity index (χ0) is 40.5. The first-order valence-corrected chi connectivity index (χ1v) is 20.5. The lowest BCUT2D eigenvalue weighted by Crippen LogP contribution is -2.00. The molecule has 0 atom stereocenters. The zero-order valence-corrected chi connectivity index (χ0v) is 33.1. The Bertz CT molecular complexity index is 3250. The van der Waals surface area contributed by atoms with Gasteiger partial charge in [0.15, 0.2) is 17.5 Å². The molecule has 11 aromatic rings. The summed E-state index contributed by atoms with van der Waals surface area (Å²) in [5.74, 6) is 1.93. The van der Waals surface area contributed by atoms with Gasteiger partial charge in [0.1, 0.15) is 5.69 Å². The van der Waals surface area contributed by atoms with Crippen LogP contribution in [0.25, 0.3) is 106 Å². The Morgan fingerprint density at radius 2 is 0.705 bits per heavy atom.